The third-order valence-corrected chi connectivity index (χ3v) is 3.73. The number of ketones is 1. The van der Waals surface area contributed by atoms with Crippen LogP contribution in [0.15, 0.2) is 18.2 Å². The molecule has 0 saturated heterocycles. The van der Waals surface area contributed by atoms with Gasteiger partial charge in [-0.05, 0) is 24.8 Å². The molecule has 1 saturated carbocycles. The van der Waals surface area contributed by atoms with Crippen LogP contribution in [0, 0.1) is 10.1 Å². The Kier molecular flexibility index (Phi) is 4.12. The molecule has 0 amide bonds. The summed E-state index contributed by atoms with van der Waals surface area (Å²) in [6.07, 6.45) is 5.01. The number of carboxylic acids is 1. The smallest absolute Gasteiger partial charge is 0.377 e. The van der Waals surface area contributed by atoms with Crippen molar-refractivity contribution < 1.29 is 19.6 Å². The molecule has 1 aliphatic carbocycles. The van der Waals surface area contributed by atoms with E-state index in [9.17, 15) is 19.7 Å². The first-order chi connectivity index (χ1) is 9.50. The fourth-order valence-corrected chi connectivity index (χ4v) is 2.73. The Morgan fingerprint density at radius 2 is 1.85 bits per heavy atom. The first-order valence-corrected chi connectivity index (χ1v) is 6.56. The van der Waals surface area contributed by atoms with Crippen molar-refractivity contribution in [3.8, 4) is 0 Å². The van der Waals surface area contributed by atoms with Crippen molar-refractivity contribution in [3.05, 3.63) is 39.4 Å². The molecule has 0 aliphatic heterocycles. The standard InChI is InChI=1S/C14H15NO5/c16-13(14(17)18)10-6-7-11(12(8-10)15(19)20)9-4-2-1-3-5-9/h6-9H,1-5H2,(H,17,18). The molecule has 0 radical (unpaired) electrons. The molecule has 0 bridgehead atoms. The highest BCUT2D eigenvalue weighted by molar-refractivity contribution is 6.39. The number of carbonyl (C=O) groups is 2. The van der Waals surface area contributed by atoms with Gasteiger partial charge >= 0.3 is 5.97 Å². The molecule has 0 heterocycles. The SMILES string of the molecule is O=C(O)C(=O)c1ccc(C2CCCCC2)c([N+](=O)[O-])c1. The van der Waals surface area contributed by atoms with E-state index in [0.717, 1.165) is 38.2 Å². The number of carbonyl (C=O) groups excluding carboxylic acids is 1. The van der Waals surface area contributed by atoms with E-state index in [-0.39, 0.29) is 17.2 Å². The van der Waals surface area contributed by atoms with E-state index in [1.165, 1.54) is 12.1 Å². The molecule has 1 aromatic carbocycles. The maximum Gasteiger partial charge on any atom is 0.377 e. The van der Waals surface area contributed by atoms with Crippen molar-refractivity contribution >= 4 is 17.4 Å². The van der Waals surface area contributed by atoms with Crippen molar-refractivity contribution in [2.45, 2.75) is 38.0 Å². The van der Waals surface area contributed by atoms with Crippen LogP contribution in [0.1, 0.15) is 53.9 Å². The molecule has 1 aromatic rings. The van der Waals surface area contributed by atoms with Crippen molar-refractivity contribution in [1.82, 2.24) is 0 Å². The summed E-state index contributed by atoms with van der Waals surface area (Å²) in [4.78, 5) is 32.6. The second-order valence-electron chi connectivity index (χ2n) is 5.00. The Labute approximate surface area is 115 Å². The fraction of sp³-hybridized carbons (Fsp3) is 0.429. The molecular formula is C14H15NO5. The molecule has 1 fully saturated rings. The summed E-state index contributed by atoms with van der Waals surface area (Å²) in [5.41, 5.74) is 0.310. The number of carboxylic acid groups (broad SMARTS) is 1. The lowest BCUT2D eigenvalue weighted by molar-refractivity contribution is -0.385. The maximum absolute atomic E-state index is 11.4. The number of Topliss-reactive ketones (excluding diaryl/α,β-unsaturated/α-hetero) is 1. The van der Waals surface area contributed by atoms with Crippen LogP contribution in [-0.2, 0) is 4.79 Å². The van der Waals surface area contributed by atoms with Gasteiger partial charge in [-0.15, -0.1) is 0 Å². The zero-order valence-corrected chi connectivity index (χ0v) is 10.9. The Hall–Kier alpha value is -2.24. The van der Waals surface area contributed by atoms with E-state index in [1.54, 1.807) is 0 Å². The van der Waals surface area contributed by atoms with Gasteiger partial charge in [0.05, 0.1) is 4.92 Å². The molecule has 0 aromatic heterocycles. The van der Waals surface area contributed by atoms with E-state index in [4.69, 9.17) is 5.11 Å². The lowest BCUT2D eigenvalue weighted by atomic mass is 9.83. The highest BCUT2D eigenvalue weighted by atomic mass is 16.6. The summed E-state index contributed by atoms with van der Waals surface area (Å²) >= 11 is 0. The molecule has 106 valence electrons. The number of rotatable bonds is 4. The minimum absolute atomic E-state index is 0.123. The van der Waals surface area contributed by atoms with E-state index in [0.29, 0.717) is 5.56 Å². The van der Waals surface area contributed by atoms with Gasteiger partial charge in [-0.3, -0.25) is 14.9 Å². The molecule has 1 aliphatic rings. The zero-order chi connectivity index (χ0) is 14.7. The van der Waals surface area contributed by atoms with Gasteiger partial charge in [0.15, 0.2) is 0 Å². The van der Waals surface area contributed by atoms with Crippen LogP contribution in [0.5, 0.6) is 0 Å². The lowest BCUT2D eigenvalue weighted by Gasteiger charge is -2.21. The Morgan fingerprint density at radius 1 is 1.20 bits per heavy atom. The summed E-state index contributed by atoms with van der Waals surface area (Å²) in [6, 6.07) is 3.98. The minimum Gasteiger partial charge on any atom is -0.475 e. The summed E-state index contributed by atoms with van der Waals surface area (Å²) in [5, 5.41) is 19.8. The zero-order valence-electron chi connectivity index (χ0n) is 10.9. The van der Waals surface area contributed by atoms with Gasteiger partial charge in [0, 0.05) is 17.2 Å². The first-order valence-electron chi connectivity index (χ1n) is 6.56. The van der Waals surface area contributed by atoms with Crippen molar-refractivity contribution in [1.29, 1.82) is 0 Å². The predicted octanol–water partition coefficient (Wildman–Crippen LogP) is 2.91. The molecule has 0 spiro atoms. The van der Waals surface area contributed by atoms with Crippen LogP contribution in [0.2, 0.25) is 0 Å². The minimum atomic E-state index is -1.61. The number of hydrogen-bond acceptors (Lipinski definition) is 4. The summed E-state index contributed by atoms with van der Waals surface area (Å²) in [6.45, 7) is 0. The monoisotopic (exact) mass is 277 g/mol. The van der Waals surface area contributed by atoms with Gasteiger partial charge in [-0.25, -0.2) is 4.79 Å². The van der Waals surface area contributed by atoms with E-state index in [2.05, 4.69) is 0 Å². The van der Waals surface area contributed by atoms with Crippen molar-refractivity contribution in [3.63, 3.8) is 0 Å². The molecule has 0 unspecified atom stereocenters. The highest BCUT2D eigenvalue weighted by Gasteiger charge is 2.26. The summed E-state index contributed by atoms with van der Waals surface area (Å²) in [7, 11) is 0. The van der Waals surface area contributed by atoms with Crippen LogP contribution in [-0.4, -0.2) is 21.8 Å². The Morgan fingerprint density at radius 3 is 2.40 bits per heavy atom. The van der Waals surface area contributed by atoms with Crippen LogP contribution in [0.25, 0.3) is 0 Å². The molecule has 6 nitrogen and oxygen atoms in total. The number of nitrogens with zero attached hydrogens (tertiary/aromatic N) is 1. The Bertz CT molecular complexity index is 561. The van der Waals surface area contributed by atoms with Gasteiger partial charge in [-0.2, -0.15) is 0 Å². The maximum atomic E-state index is 11.4. The average Bonchev–Trinajstić information content (AvgIpc) is 2.46. The molecule has 0 atom stereocenters. The molecule has 20 heavy (non-hydrogen) atoms. The molecule has 1 N–H and O–H groups in total. The summed E-state index contributed by atoms with van der Waals surface area (Å²) in [5.74, 6) is -2.61. The van der Waals surface area contributed by atoms with Gasteiger partial charge in [0.1, 0.15) is 0 Å². The quantitative estimate of drug-likeness (QED) is 0.395. The molecule has 2 rings (SSSR count). The first kappa shape index (κ1) is 14.2. The van der Waals surface area contributed by atoms with Crippen LogP contribution >= 0.6 is 0 Å². The molecule has 6 heteroatoms. The van der Waals surface area contributed by atoms with Crippen molar-refractivity contribution in [2.75, 3.05) is 0 Å². The third kappa shape index (κ3) is 2.84. The number of nitro benzene ring substituents is 1. The molecular weight excluding hydrogens is 262 g/mol. The number of hydrogen-bond donors (Lipinski definition) is 1. The Balaban J connectivity index is 2.40. The topological polar surface area (TPSA) is 97.5 Å². The lowest BCUT2D eigenvalue weighted by Crippen LogP contribution is -2.14. The van der Waals surface area contributed by atoms with Gasteiger partial charge in [-0.1, -0.05) is 25.3 Å². The van der Waals surface area contributed by atoms with E-state index >= 15 is 0 Å². The van der Waals surface area contributed by atoms with Gasteiger partial charge in [0.25, 0.3) is 11.5 Å². The summed E-state index contributed by atoms with van der Waals surface area (Å²) < 4.78 is 0. The largest absolute Gasteiger partial charge is 0.475 e. The average molecular weight is 277 g/mol. The fourth-order valence-electron chi connectivity index (χ4n) is 2.73. The van der Waals surface area contributed by atoms with Crippen molar-refractivity contribution in [2.24, 2.45) is 0 Å². The number of nitro groups is 1. The van der Waals surface area contributed by atoms with Gasteiger partial charge in [0.2, 0.25) is 0 Å². The van der Waals surface area contributed by atoms with Gasteiger partial charge < -0.3 is 5.11 Å². The highest BCUT2D eigenvalue weighted by Crippen LogP contribution is 2.37. The number of benzene rings is 1. The second-order valence-corrected chi connectivity index (χ2v) is 5.00. The van der Waals surface area contributed by atoms with E-state index < -0.39 is 16.7 Å². The number of aliphatic carboxylic acids is 1. The van der Waals surface area contributed by atoms with Crippen LogP contribution < -0.4 is 0 Å². The second kappa shape index (κ2) is 5.81. The third-order valence-electron chi connectivity index (χ3n) is 3.73. The van der Waals surface area contributed by atoms with Crippen LogP contribution in [0.4, 0.5) is 5.69 Å². The van der Waals surface area contributed by atoms with Crippen LogP contribution in [0.3, 0.4) is 0 Å². The predicted molar refractivity (Wildman–Crippen MR) is 70.9 cm³/mol. The van der Waals surface area contributed by atoms with E-state index in [1.807, 2.05) is 0 Å². The normalized spacial score (nSPS) is 15.8.